The zero-order valence-electron chi connectivity index (χ0n) is 9.66. The predicted molar refractivity (Wildman–Crippen MR) is 70.6 cm³/mol. The van der Waals surface area contributed by atoms with Crippen molar-refractivity contribution in [3.63, 3.8) is 0 Å². The lowest BCUT2D eigenvalue weighted by Gasteiger charge is -2.28. The molecule has 2 N–H and O–H groups in total. The Kier molecular flexibility index (Phi) is 4.21. The normalized spacial score (nSPS) is 24.3. The Morgan fingerprint density at radius 3 is 2.53 bits per heavy atom. The molecule has 0 bridgehead atoms. The second-order valence-corrected chi connectivity index (χ2v) is 5.59. The van der Waals surface area contributed by atoms with Crippen LogP contribution in [0.2, 0.25) is 5.15 Å². The third kappa shape index (κ3) is 3.09. The van der Waals surface area contributed by atoms with Crippen LogP contribution in [0.3, 0.4) is 0 Å². The van der Waals surface area contributed by atoms with Crippen LogP contribution in [0.1, 0.15) is 30.6 Å². The smallest absolute Gasteiger partial charge is 0.185 e. The first kappa shape index (κ1) is 12.6. The van der Waals surface area contributed by atoms with Crippen molar-refractivity contribution < 1.29 is 0 Å². The van der Waals surface area contributed by atoms with Gasteiger partial charge >= 0.3 is 0 Å². The van der Waals surface area contributed by atoms with E-state index in [9.17, 15) is 0 Å². The van der Waals surface area contributed by atoms with Crippen LogP contribution in [0.4, 0.5) is 5.13 Å². The van der Waals surface area contributed by atoms with E-state index in [1.54, 1.807) is 0 Å². The molecule has 2 rings (SSSR count). The summed E-state index contributed by atoms with van der Waals surface area (Å²) in [5, 5.41) is 16.5. The molecule has 1 aliphatic rings. The summed E-state index contributed by atoms with van der Waals surface area (Å²) in [5.74, 6) is 0. The number of nitrogens with one attached hydrogen (secondary N) is 2. The second kappa shape index (κ2) is 5.67. The molecule has 0 spiro atoms. The van der Waals surface area contributed by atoms with Gasteiger partial charge in [-0.05, 0) is 32.7 Å². The zero-order chi connectivity index (χ0) is 12.3. The van der Waals surface area contributed by atoms with E-state index in [2.05, 4.69) is 15.6 Å². The molecule has 1 saturated carbocycles. The molecule has 6 heteroatoms. The summed E-state index contributed by atoms with van der Waals surface area (Å²) in [4.78, 5) is 4.63. The largest absolute Gasteiger partial charge is 0.359 e. The van der Waals surface area contributed by atoms with Gasteiger partial charge in [0.15, 0.2) is 10.3 Å². The summed E-state index contributed by atoms with van der Waals surface area (Å²) < 4.78 is 0. The Balaban J connectivity index is 1.91. The Morgan fingerprint density at radius 1 is 1.35 bits per heavy atom. The van der Waals surface area contributed by atoms with Gasteiger partial charge in [0.1, 0.15) is 10.9 Å². The van der Waals surface area contributed by atoms with E-state index >= 15 is 0 Å². The summed E-state index contributed by atoms with van der Waals surface area (Å²) in [6.07, 6.45) is 4.62. The molecular formula is C11H15ClN4S. The minimum absolute atomic E-state index is 0.309. The standard InChI is InChI=1S/C11H15ClN4S/c1-14-7-2-4-8(5-3-7)15-11-16-10(12)9(6-13)17-11/h7-8,14H,2-5H2,1H3,(H,15,16). The van der Waals surface area contributed by atoms with E-state index in [1.165, 1.54) is 24.2 Å². The van der Waals surface area contributed by atoms with Crippen molar-refractivity contribution in [3.05, 3.63) is 10.0 Å². The van der Waals surface area contributed by atoms with Crippen molar-refractivity contribution in [3.8, 4) is 6.07 Å². The van der Waals surface area contributed by atoms with Crippen LogP contribution in [0.25, 0.3) is 0 Å². The van der Waals surface area contributed by atoms with E-state index in [0.29, 0.717) is 22.1 Å². The summed E-state index contributed by atoms with van der Waals surface area (Å²) in [6.45, 7) is 0. The monoisotopic (exact) mass is 270 g/mol. The highest BCUT2D eigenvalue weighted by molar-refractivity contribution is 7.16. The number of hydrogen-bond acceptors (Lipinski definition) is 5. The maximum absolute atomic E-state index is 8.80. The summed E-state index contributed by atoms with van der Waals surface area (Å²) >= 11 is 7.16. The Hall–Kier alpha value is -0.830. The molecule has 0 amide bonds. The molecule has 92 valence electrons. The van der Waals surface area contributed by atoms with Crippen molar-refractivity contribution in [2.45, 2.75) is 37.8 Å². The lowest BCUT2D eigenvalue weighted by molar-refractivity contribution is 0.371. The molecule has 0 atom stereocenters. The van der Waals surface area contributed by atoms with E-state index in [-0.39, 0.29) is 0 Å². The van der Waals surface area contributed by atoms with Gasteiger partial charge in [-0.3, -0.25) is 0 Å². The van der Waals surface area contributed by atoms with Gasteiger partial charge in [-0.2, -0.15) is 5.26 Å². The third-order valence-corrected chi connectivity index (χ3v) is 4.43. The maximum Gasteiger partial charge on any atom is 0.185 e. The van der Waals surface area contributed by atoms with Gasteiger partial charge in [-0.25, -0.2) is 4.98 Å². The van der Waals surface area contributed by atoms with Gasteiger partial charge in [-0.15, -0.1) is 0 Å². The fourth-order valence-electron chi connectivity index (χ4n) is 2.13. The highest BCUT2D eigenvalue weighted by Crippen LogP contribution is 2.28. The fraction of sp³-hybridized carbons (Fsp3) is 0.636. The SMILES string of the molecule is CNC1CCC(Nc2nc(Cl)c(C#N)s2)CC1. The number of halogens is 1. The number of hydrogen-bond donors (Lipinski definition) is 2. The quantitative estimate of drug-likeness (QED) is 0.886. The van der Waals surface area contributed by atoms with Crippen LogP contribution in [0.5, 0.6) is 0 Å². The minimum atomic E-state index is 0.309. The van der Waals surface area contributed by atoms with Crippen LogP contribution < -0.4 is 10.6 Å². The Bertz CT molecular complexity index is 418. The van der Waals surface area contributed by atoms with Crippen molar-refractivity contribution in [2.24, 2.45) is 0 Å². The second-order valence-electron chi connectivity index (χ2n) is 4.23. The molecule has 0 aromatic carbocycles. The molecule has 1 aromatic rings. The molecule has 0 aliphatic heterocycles. The molecule has 1 aliphatic carbocycles. The molecule has 0 unspecified atom stereocenters. The third-order valence-electron chi connectivity index (χ3n) is 3.15. The van der Waals surface area contributed by atoms with Crippen LogP contribution in [-0.4, -0.2) is 24.1 Å². The molecular weight excluding hydrogens is 256 g/mol. The van der Waals surface area contributed by atoms with Crippen molar-refractivity contribution in [1.29, 1.82) is 5.26 Å². The van der Waals surface area contributed by atoms with Gasteiger partial charge in [0.2, 0.25) is 0 Å². The van der Waals surface area contributed by atoms with E-state index in [0.717, 1.165) is 18.0 Å². The highest BCUT2D eigenvalue weighted by atomic mass is 35.5. The number of rotatable bonds is 3. The zero-order valence-corrected chi connectivity index (χ0v) is 11.2. The average molecular weight is 271 g/mol. The first-order chi connectivity index (χ1) is 8.22. The maximum atomic E-state index is 8.80. The number of thiazole rings is 1. The molecule has 0 radical (unpaired) electrons. The van der Waals surface area contributed by atoms with Crippen molar-refractivity contribution in [1.82, 2.24) is 10.3 Å². The Morgan fingerprint density at radius 2 is 2.00 bits per heavy atom. The average Bonchev–Trinajstić information content (AvgIpc) is 2.70. The number of anilines is 1. The summed E-state index contributed by atoms with van der Waals surface area (Å²) in [7, 11) is 2.01. The number of nitrogens with zero attached hydrogens (tertiary/aromatic N) is 2. The Labute approximate surface area is 110 Å². The minimum Gasteiger partial charge on any atom is -0.359 e. The van der Waals surface area contributed by atoms with E-state index < -0.39 is 0 Å². The molecule has 17 heavy (non-hydrogen) atoms. The molecule has 1 fully saturated rings. The van der Waals surface area contributed by atoms with Crippen LogP contribution in [0, 0.1) is 11.3 Å². The first-order valence-electron chi connectivity index (χ1n) is 5.73. The lowest BCUT2D eigenvalue weighted by Crippen LogP contribution is -2.34. The van der Waals surface area contributed by atoms with Crippen LogP contribution in [0.15, 0.2) is 0 Å². The van der Waals surface area contributed by atoms with Gasteiger partial charge < -0.3 is 10.6 Å². The van der Waals surface area contributed by atoms with Crippen LogP contribution >= 0.6 is 22.9 Å². The van der Waals surface area contributed by atoms with E-state index in [1.807, 2.05) is 13.1 Å². The highest BCUT2D eigenvalue weighted by Gasteiger charge is 2.21. The number of aromatic nitrogens is 1. The van der Waals surface area contributed by atoms with Gasteiger partial charge in [0, 0.05) is 12.1 Å². The van der Waals surface area contributed by atoms with Gasteiger partial charge in [-0.1, -0.05) is 22.9 Å². The molecule has 0 saturated heterocycles. The predicted octanol–water partition coefficient (Wildman–Crippen LogP) is 2.61. The summed E-state index contributed by atoms with van der Waals surface area (Å²) in [5.41, 5.74) is 0. The topological polar surface area (TPSA) is 60.7 Å². The molecule has 4 nitrogen and oxygen atoms in total. The fourth-order valence-corrected chi connectivity index (χ4v) is 3.16. The molecule has 1 aromatic heterocycles. The summed E-state index contributed by atoms with van der Waals surface area (Å²) in [6, 6.07) is 3.14. The van der Waals surface area contributed by atoms with Crippen molar-refractivity contribution >= 4 is 28.1 Å². The van der Waals surface area contributed by atoms with Crippen LogP contribution in [-0.2, 0) is 0 Å². The molecule has 1 heterocycles. The van der Waals surface area contributed by atoms with Gasteiger partial charge in [0.25, 0.3) is 0 Å². The van der Waals surface area contributed by atoms with Crippen molar-refractivity contribution in [2.75, 3.05) is 12.4 Å². The van der Waals surface area contributed by atoms with E-state index in [4.69, 9.17) is 16.9 Å². The first-order valence-corrected chi connectivity index (χ1v) is 6.92. The number of nitriles is 1. The lowest BCUT2D eigenvalue weighted by atomic mass is 9.91. The van der Waals surface area contributed by atoms with Gasteiger partial charge in [0.05, 0.1) is 0 Å².